The van der Waals surface area contributed by atoms with Crippen LogP contribution in [0.15, 0.2) is 54.5 Å². The third-order valence-corrected chi connectivity index (χ3v) is 6.63. The molecule has 148 valence electrons. The molecule has 0 saturated carbocycles. The first kappa shape index (κ1) is 18.6. The van der Waals surface area contributed by atoms with Crippen molar-refractivity contribution in [2.75, 3.05) is 31.1 Å². The third-order valence-electron chi connectivity index (χ3n) is 4.85. The highest BCUT2D eigenvalue weighted by molar-refractivity contribution is 7.89. The smallest absolute Gasteiger partial charge is 0.262 e. The van der Waals surface area contributed by atoms with Gasteiger partial charge in [0.05, 0.1) is 6.33 Å². The number of sulfonamides is 1. The summed E-state index contributed by atoms with van der Waals surface area (Å²) in [4.78, 5) is 14.8. The van der Waals surface area contributed by atoms with E-state index in [9.17, 15) is 8.42 Å². The van der Waals surface area contributed by atoms with Gasteiger partial charge in [0.25, 0.3) is 10.0 Å². The first-order valence-corrected chi connectivity index (χ1v) is 10.6. The van der Waals surface area contributed by atoms with E-state index >= 15 is 0 Å². The lowest BCUT2D eigenvalue weighted by Crippen LogP contribution is -2.49. The van der Waals surface area contributed by atoms with E-state index in [2.05, 4.69) is 19.9 Å². The summed E-state index contributed by atoms with van der Waals surface area (Å²) < 4.78 is 31.0. The van der Waals surface area contributed by atoms with Gasteiger partial charge >= 0.3 is 0 Å². The Labute approximate surface area is 164 Å². The Balaban J connectivity index is 1.46. The van der Waals surface area contributed by atoms with E-state index in [1.807, 2.05) is 49.0 Å². The van der Waals surface area contributed by atoms with Gasteiger partial charge in [-0.1, -0.05) is 0 Å². The number of hydrogen-bond donors (Lipinski definition) is 0. The molecule has 1 fully saturated rings. The van der Waals surface area contributed by atoms with E-state index < -0.39 is 10.0 Å². The molecule has 1 saturated heterocycles. The summed E-state index contributed by atoms with van der Waals surface area (Å²) in [6.07, 6.45) is 8.55. The Bertz CT molecular complexity index is 1040. The first-order chi connectivity index (χ1) is 13.4. The van der Waals surface area contributed by atoms with E-state index in [-0.39, 0.29) is 11.1 Å². The number of hydrogen-bond acceptors (Lipinski definition) is 6. The van der Waals surface area contributed by atoms with Crippen molar-refractivity contribution in [3.63, 3.8) is 0 Å². The standard InChI is InChI=1S/C18H23N7O2S/c1-15(2)24-12-18(21-14-24)28(26,27)25-9-7-23(8-10-25)17-11-16(19-13-20-17)22-5-3-4-6-22/h3-6,11-15H,7-10H2,1-2H3. The molecule has 0 N–H and O–H groups in total. The minimum atomic E-state index is -3.59. The molecule has 1 aliphatic rings. The van der Waals surface area contributed by atoms with Crippen LogP contribution in [0.2, 0.25) is 0 Å². The van der Waals surface area contributed by atoms with Crippen molar-refractivity contribution >= 4 is 15.8 Å². The lowest BCUT2D eigenvalue weighted by atomic mass is 10.3. The SMILES string of the molecule is CC(C)n1cnc(S(=O)(=O)N2CCN(c3cc(-n4cccc4)ncn3)CC2)c1. The van der Waals surface area contributed by atoms with Gasteiger partial charge in [-0.2, -0.15) is 4.31 Å². The summed E-state index contributed by atoms with van der Waals surface area (Å²) >= 11 is 0. The summed E-state index contributed by atoms with van der Waals surface area (Å²) in [5.74, 6) is 1.57. The predicted molar refractivity (Wildman–Crippen MR) is 105 cm³/mol. The van der Waals surface area contributed by atoms with Crippen molar-refractivity contribution in [1.29, 1.82) is 0 Å². The molecule has 0 amide bonds. The van der Waals surface area contributed by atoms with Crippen molar-refractivity contribution in [3.8, 4) is 5.82 Å². The Kier molecular flexibility index (Phi) is 4.90. The van der Waals surface area contributed by atoms with Gasteiger partial charge in [0, 0.05) is 56.9 Å². The summed E-state index contributed by atoms with van der Waals surface area (Å²) in [7, 11) is -3.59. The van der Waals surface area contributed by atoms with Gasteiger partial charge in [-0.3, -0.25) is 0 Å². The Morgan fingerprint density at radius 3 is 2.29 bits per heavy atom. The molecule has 0 aliphatic carbocycles. The molecule has 10 heteroatoms. The summed E-state index contributed by atoms with van der Waals surface area (Å²) in [5.41, 5.74) is 0. The quantitative estimate of drug-likeness (QED) is 0.645. The maximum Gasteiger partial charge on any atom is 0.262 e. The zero-order valence-corrected chi connectivity index (χ0v) is 16.7. The van der Waals surface area contributed by atoms with Crippen LogP contribution in [-0.2, 0) is 10.0 Å². The first-order valence-electron chi connectivity index (χ1n) is 9.19. The van der Waals surface area contributed by atoms with Crippen LogP contribution in [0.4, 0.5) is 5.82 Å². The van der Waals surface area contributed by atoms with Crippen molar-refractivity contribution in [3.05, 3.63) is 49.4 Å². The second-order valence-electron chi connectivity index (χ2n) is 6.97. The predicted octanol–water partition coefficient (Wildman–Crippen LogP) is 1.56. The van der Waals surface area contributed by atoms with Crippen LogP contribution >= 0.6 is 0 Å². The van der Waals surface area contributed by atoms with Crippen LogP contribution in [-0.4, -0.2) is 63.0 Å². The molecule has 0 atom stereocenters. The molecule has 4 heterocycles. The van der Waals surface area contributed by atoms with Crippen LogP contribution in [0.1, 0.15) is 19.9 Å². The van der Waals surface area contributed by atoms with E-state index in [1.54, 1.807) is 17.1 Å². The molecule has 4 rings (SSSR count). The molecule has 28 heavy (non-hydrogen) atoms. The van der Waals surface area contributed by atoms with Crippen molar-refractivity contribution in [1.82, 2.24) is 28.4 Å². The maximum absolute atomic E-state index is 12.9. The molecule has 3 aromatic heterocycles. The molecule has 9 nitrogen and oxygen atoms in total. The number of piperazine rings is 1. The highest BCUT2D eigenvalue weighted by Gasteiger charge is 2.30. The molecule has 0 spiro atoms. The average molecular weight is 401 g/mol. The average Bonchev–Trinajstić information content (AvgIpc) is 3.40. The number of imidazole rings is 1. The fourth-order valence-corrected chi connectivity index (χ4v) is 4.51. The van der Waals surface area contributed by atoms with Crippen LogP contribution in [0, 0.1) is 0 Å². The molecule has 0 unspecified atom stereocenters. The van der Waals surface area contributed by atoms with Crippen molar-refractivity contribution in [2.45, 2.75) is 24.9 Å². The highest BCUT2D eigenvalue weighted by atomic mass is 32.2. The highest BCUT2D eigenvalue weighted by Crippen LogP contribution is 2.20. The van der Waals surface area contributed by atoms with Gasteiger partial charge in [-0.05, 0) is 26.0 Å². The van der Waals surface area contributed by atoms with Gasteiger partial charge in [-0.25, -0.2) is 23.4 Å². The Morgan fingerprint density at radius 1 is 0.964 bits per heavy atom. The summed E-state index contributed by atoms with van der Waals surface area (Å²) in [5, 5.41) is 0.103. The number of nitrogens with zero attached hydrogens (tertiary/aromatic N) is 7. The topological polar surface area (TPSA) is 89.2 Å². The monoisotopic (exact) mass is 401 g/mol. The van der Waals surface area contributed by atoms with Gasteiger partial charge in [-0.15, -0.1) is 0 Å². The molecule has 1 aliphatic heterocycles. The van der Waals surface area contributed by atoms with E-state index in [4.69, 9.17) is 0 Å². The van der Waals surface area contributed by atoms with E-state index in [0.717, 1.165) is 11.6 Å². The molecular formula is C18H23N7O2S. The number of rotatable bonds is 5. The van der Waals surface area contributed by atoms with Gasteiger partial charge < -0.3 is 14.0 Å². The maximum atomic E-state index is 12.9. The minimum absolute atomic E-state index is 0.103. The second kappa shape index (κ2) is 7.36. The molecular weight excluding hydrogens is 378 g/mol. The number of anilines is 1. The zero-order chi connectivity index (χ0) is 19.7. The molecule has 0 radical (unpaired) electrons. The lowest BCUT2D eigenvalue weighted by molar-refractivity contribution is 0.382. The zero-order valence-electron chi connectivity index (χ0n) is 15.9. The van der Waals surface area contributed by atoms with Crippen LogP contribution in [0.25, 0.3) is 5.82 Å². The Morgan fingerprint density at radius 2 is 1.64 bits per heavy atom. The lowest BCUT2D eigenvalue weighted by Gasteiger charge is -2.34. The van der Waals surface area contributed by atoms with E-state index in [1.165, 1.54) is 10.6 Å². The van der Waals surface area contributed by atoms with Gasteiger partial charge in [0.1, 0.15) is 18.0 Å². The van der Waals surface area contributed by atoms with Crippen molar-refractivity contribution < 1.29 is 8.42 Å². The normalized spacial score (nSPS) is 16.0. The summed E-state index contributed by atoms with van der Waals surface area (Å²) in [6.45, 7) is 5.87. The molecule has 3 aromatic rings. The minimum Gasteiger partial charge on any atom is -0.354 e. The van der Waals surface area contributed by atoms with Crippen molar-refractivity contribution in [2.24, 2.45) is 0 Å². The largest absolute Gasteiger partial charge is 0.354 e. The Hall–Kier alpha value is -2.72. The molecule has 0 aromatic carbocycles. The fourth-order valence-electron chi connectivity index (χ4n) is 3.16. The fraction of sp³-hybridized carbons (Fsp3) is 0.389. The summed E-state index contributed by atoms with van der Waals surface area (Å²) in [6, 6.07) is 5.95. The van der Waals surface area contributed by atoms with Gasteiger partial charge in [0.2, 0.25) is 0 Å². The van der Waals surface area contributed by atoms with Gasteiger partial charge in [0.15, 0.2) is 5.03 Å². The van der Waals surface area contributed by atoms with E-state index in [0.29, 0.717) is 26.2 Å². The van der Waals surface area contributed by atoms with Crippen LogP contribution < -0.4 is 4.90 Å². The van der Waals surface area contributed by atoms with Crippen LogP contribution in [0.3, 0.4) is 0 Å². The number of aromatic nitrogens is 5. The second-order valence-corrected chi connectivity index (χ2v) is 8.85. The third kappa shape index (κ3) is 3.52. The molecule has 0 bridgehead atoms. The van der Waals surface area contributed by atoms with Crippen LogP contribution in [0.5, 0.6) is 0 Å².